The first-order chi connectivity index (χ1) is 52.1. The molecule has 0 saturated carbocycles. The molecule has 1 aliphatic rings. The number of aliphatic hydroxyl groups is 4. The molecule has 0 bridgehead atoms. The van der Waals surface area contributed by atoms with Gasteiger partial charge in [-0.1, -0.05) is 106 Å². The number of aliphatic carboxylic acids is 1. The van der Waals surface area contributed by atoms with Gasteiger partial charge >= 0.3 is 30.0 Å². The third kappa shape index (κ3) is 39.6. The average molecular weight is 1580 g/mol. The van der Waals surface area contributed by atoms with Crippen LogP contribution in [0.5, 0.6) is 0 Å². The molecule has 0 radical (unpaired) electrons. The SMILES string of the molecule is CCC(CO)OC(CO)OC.CCC(CO)OC(COC(=O)CCCC(=O)O)OC.CCC(CO)OC(COC(=O)NCCC(=O)O[C@@H](C)C(=O)O[C@H](C)CNC(=O)[C@H](Cc1ccccc1)NC(=O)[C@H](C)[C@@H](OC)[C@@H]1CCCN1C(=O)C[C@@H](OC)[C@H]([C@@H](C)CC)N(C)C(=O)[C@@H](NC(=O)[C@H](C(C)C)N(C)C)C(C)C)OC. The zero-order valence-electron chi connectivity index (χ0n) is 68.8. The highest BCUT2D eigenvalue weighted by Gasteiger charge is 2.44. The molecule has 636 valence electrons. The maximum absolute atomic E-state index is 14.5. The summed E-state index contributed by atoms with van der Waals surface area (Å²) in [5, 5.41) is 55.1. The third-order valence-electron chi connectivity index (χ3n) is 18.4. The Morgan fingerprint density at radius 2 is 1.15 bits per heavy atom. The molecule has 110 heavy (non-hydrogen) atoms. The van der Waals surface area contributed by atoms with Gasteiger partial charge in [-0.25, -0.2) is 9.59 Å². The van der Waals surface area contributed by atoms with E-state index in [1.807, 2.05) is 112 Å². The molecule has 0 aliphatic carbocycles. The molecule has 1 fully saturated rings. The average Bonchev–Trinajstić information content (AvgIpc) is 1.38. The highest BCUT2D eigenvalue weighted by atomic mass is 16.7. The molecule has 34 heteroatoms. The van der Waals surface area contributed by atoms with Crippen LogP contribution in [0, 0.1) is 23.7 Å². The number of methoxy groups -OCH3 is 5. The van der Waals surface area contributed by atoms with Gasteiger partial charge in [0.25, 0.3) is 0 Å². The fourth-order valence-corrected chi connectivity index (χ4v) is 11.8. The molecule has 2 rings (SSSR count). The summed E-state index contributed by atoms with van der Waals surface area (Å²) in [4.78, 5) is 135. The molecular weight excluding hydrogens is 1440 g/mol. The van der Waals surface area contributed by atoms with E-state index in [9.17, 15) is 53.1 Å². The Hall–Kier alpha value is -6.80. The summed E-state index contributed by atoms with van der Waals surface area (Å²) in [7, 11) is 12.6. The van der Waals surface area contributed by atoms with Gasteiger partial charge in [0.1, 0.15) is 31.4 Å². The molecule has 0 spiro atoms. The van der Waals surface area contributed by atoms with Gasteiger partial charge in [0.2, 0.25) is 29.5 Å². The maximum Gasteiger partial charge on any atom is 0.407 e. The van der Waals surface area contributed by atoms with Gasteiger partial charge in [-0.05, 0) is 89.8 Å². The fraction of sp³-hybridized carbons (Fsp3) is 0.789. The lowest BCUT2D eigenvalue weighted by molar-refractivity contribution is -0.194. The van der Waals surface area contributed by atoms with Gasteiger partial charge < -0.3 is 113 Å². The van der Waals surface area contributed by atoms with E-state index >= 15 is 0 Å². The van der Waals surface area contributed by atoms with Crippen LogP contribution in [-0.2, 0) is 106 Å². The van der Waals surface area contributed by atoms with Crippen molar-refractivity contribution >= 4 is 59.5 Å². The van der Waals surface area contributed by atoms with Crippen molar-refractivity contribution in [1.82, 2.24) is 36.0 Å². The Bertz CT molecular complexity index is 2740. The Kier molecular flexibility index (Phi) is 54.5. The van der Waals surface area contributed by atoms with Crippen molar-refractivity contribution < 1.29 is 130 Å². The summed E-state index contributed by atoms with van der Waals surface area (Å²) in [6.45, 7) is 20.9. The van der Waals surface area contributed by atoms with Crippen LogP contribution in [0.4, 0.5) is 4.79 Å². The standard InChI is InChI=1S/C57H97N7O16.C12H22O7.C7H16O4/c1-17-36(7)50(63(13)55(71)48(34(3)4)61-54(70)49(35(5)6)62(11)12)44(74-14)30-45(66)64-28-22-25-43(64)51(76-16)38(9)52(68)60-42(29-40-23-20-19-21-24-40)53(69)59-31-37(8)78-56(72)39(10)79-46(67)26-27-58-57(73)77-33-47(75-15)80-41(18-2)32-65;1-3-9(7-13)19-12(17-2)8-18-11(16)6-4-5-10(14)15;1-3-6(4-8)11-7(5-9)10-2/h19-21,23-24,34-39,41-44,47-51,65H,17-18,22,25-33H2,1-16H3,(H,58,73)(H,59,69)(H,60,68)(H,61,70);9,12-13H,3-8H2,1-2H3,(H,14,15);6-9H,3-5H2,1-2H3/t36-,37+,38+,39-,41?,42-,43-,44+,47?,48-,49-,50-,51+;;/m0../s1. The maximum atomic E-state index is 14.5. The highest BCUT2D eigenvalue weighted by Crippen LogP contribution is 2.30. The highest BCUT2D eigenvalue weighted by molar-refractivity contribution is 5.91. The molecule has 1 aliphatic heterocycles. The number of ether oxygens (including phenoxy) is 12. The van der Waals surface area contributed by atoms with Crippen LogP contribution >= 0.6 is 0 Å². The van der Waals surface area contributed by atoms with Gasteiger partial charge in [0, 0.05) is 74.9 Å². The lowest BCUT2D eigenvalue weighted by atomic mass is 9.89. The number of carbonyl (C=O) groups is 10. The number of carboxylic acids is 1. The third-order valence-corrected chi connectivity index (χ3v) is 18.4. The summed E-state index contributed by atoms with van der Waals surface area (Å²) in [6.07, 6.45) is -4.27. The molecule has 1 aromatic carbocycles. The predicted molar refractivity (Wildman–Crippen MR) is 404 cm³/mol. The molecule has 1 heterocycles. The van der Waals surface area contributed by atoms with Gasteiger partial charge in [-0.2, -0.15) is 0 Å². The molecule has 6 unspecified atom stereocenters. The van der Waals surface area contributed by atoms with Crippen molar-refractivity contribution in [2.24, 2.45) is 23.7 Å². The minimum Gasteiger partial charge on any atom is -0.481 e. The second-order valence-corrected chi connectivity index (χ2v) is 27.8. The fourth-order valence-electron chi connectivity index (χ4n) is 11.8. The number of nitrogens with one attached hydrogen (secondary N) is 4. The summed E-state index contributed by atoms with van der Waals surface area (Å²) < 4.78 is 63.5. The van der Waals surface area contributed by atoms with Crippen LogP contribution in [0.3, 0.4) is 0 Å². The first-order valence-electron chi connectivity index (χ1n) is 38.0. The molecule has 1 saturated heterocycles. The number of benzene rings is 1. The zero-order chi connectivity index (χ0) is 83.8. The predicted octanol–water partition coefficient (Wildman–Crippen LogP) is 3.50. The number of rotatable bonds is 53. The number of likely N-dealkylation sites (N-methyl/N-ethyl adjacent to an activating group) is 2. The number of amides is 6. The summed E-state index contributed by atoms with van der Waals surface area (Å²) >= 11 is 0. The van der Waals surface area contributed by atoms with Crippen LogP contribution in [0.1, 0.15) is 159 Å². The number of esters is 3. The Morgan fingerprint density at radius 3 is 1.63 bits per heavy atom. The lowest BCUT2D eigenvalue weighted by Crippen LogP contribution is -2.59. The minimum absolute atomic E-state index is 0.00100. The lowest BCUT2D eigenvalue weighted by Gasteiger charge is -2.41. The second kappa shape index (κ2) is 58.1. The number of hydrogen-bond donors (Lipinski definition) is 9. The van der Waals surface area contributed by atoms with E-state index < -0.39 is 127 Å². The Morgan fingerprint density at radius 1 is 0.600 bits per heavy atom. The van der Waals surface area contributed by atoms with Crippen LogP contribution in [0.15, 0.2) is 30.3 Å². The van der Waals surface area contributed by atoms with E-state index in [4.69, 9.17) is 77.3 Å². The normalized spacial score (nSPS) is 17.2. The van der Waals surface area contributed by atoms with Crippen molar-refractivity contribution in [2.75, 3.05) is 116 Å². The second-order valence-electron chi connectivity index (χ2n) is 27.8. The van der Waals surface area contributed by atoms with Crippen molar-refractivity contribution in [1.29, 1.82) is 0 Å². The van der Waals surface area contributed by atoms with Crippen molar-refractivity contribution in [3.63, 3.8) is 0 Å². The van der Waals surface area contributed by atoms with Gasteiger partial charge in [0.05, 0.1) is 100 Å². The number of aliphatic hydroxyl groups excluding tert-OH is 4. The minimum atomic E-state index is -1.33. The molecule has 34 nitrogen and oxygen atoms in total. The monoisotopic (exact) mass is 1580 g/mol. The van der Waals surface area contributed by atoms with E-state index in [0.717, 1.165) is 5.56 Å². The summed E-state index contributed by atoms with van der Waals surface area (Å²) in [6, 6.07) is 5.70. The zero-order valence-corrected chi connectivity index (χ0v) is 68.8. The molecule has 17 atom stereocenters. The van der Waals surface area contributed by atoms with E-state index in [1.54, 1.807) is 23.8 Å². The topological polar surface area (TPSA) is 440 Å². The molecule has 1 aromatic rings. The van der Waals surface area contributed by atoms with E-state index in [2.05, 4.69) is 21.3 Å². The first kappa shape index (κ1) is 103. The quantitative estimate of drug-likeness (QED) is 0.0256. The number of nitrogens with zero attached hydrogens (tertiary/aromatic N) is 3. The smallest absolute Gasteiger partial charge is 0.407 e. The molecule has 6 amide bonds. The van der Waals surface area contributed by atoms with Gasteiger partial charge in [0.15, 0.2) is 25.0 Å². The summed E-state index contributed by atoms with van der Waals surface area (Å²) in [5.74, 6) is -6.12. The van der Waals surface area contributed by atoms with E-state index in [-0.39, 0.29) is 139 Å². The number of hydrogen-bond acceptors (Lipinski definition) is 27. The summed E-state index contributed by atoms with van der Waals surface area (Å²) in [5.41, 5.74) is 0.761. The van der Waals surface area contributed by atoms with Crippen molar-refractivity contribution in [2.45, 2.75) is 252 Å². The molecule has 9 N–H and O–H groups in total. The van der Waals surface area contributed by atoms with Crippen LogP contribution in [0.2, 0.25) is 0 Å². The number of likely N-dealkylation sites (tertiary alicyclic amines) is 1. The molecule has 0 aromatic heterocycles. The van der Waals surface area contributed by atoms with E-state index in [0.29, 0.717) is 45.1 Å². The van der Waals surface area contributed by atoms with Gasteiger partial charge in [-0.15, -0.1) is 0 Å². The van der Waals surface area contributed by atoms with Crippen LogP contribution in [0.25, 0.3) is 0 Å². The van der Waals surface area contributed by atoms with Gasteiger partial charge in [-0.3, -0.25) is 43.3 Å². The Labute approximate surface area is 650 Å². The number of carbonyl (C=O) groups excluding carboxylic acids is 9. The van der Waals surface area contributed by atoms with Crippen LogP contribution in [-0.4, -0.2) is 308 Å². The Balaban J connectivity index is 0.00000327. The molecular formula is C76H135N7O27. The van der Waals surface area contributed by atoms with Crippen LogP contribution < -0.4 is 21.3 Å². The van der Waals surface area contributed by atoms with Crippen molar-refractivity contribution in [3.8, 4) is 0 Å². The van der Waals surface area contributed by atoms with Crippen molar-refractivity contribution in [3.05, 3.63) is 35.9 Å². The largest absolute Gasteiger partial charge is 0.481 e. The first-order valence-corrected chi connectivity index (χ1v) is 38.0. The van der Waals surface area contributed by atoms with E-state index in [1.165, 1.54) is 49.4 Å². The number of carboxylic acid groups (broad SMARTS) is 1. The number of alkyl carbamates (subject to hydrolysis) is 1.